The zero-order valence-corrected chi connectivity index (χ0v) is 9.76. The van der Waals surface area contributed by atoms with Crippen molar-refractivity contribution in [1.82, 2.24) is 10.2 Å². The molecule has 0 spiro atoms. The predicted octanol–water partition coefficient (Wildman–Crippen LogP) is 2.99. The van der Waals surface area contributed by atoms with Crippen molar-refractivity contribution >= 4 is 5.97 Å². The van der Waals surface area contributed by atoms with E-state index >= 15 is 0 Å². The average Bonchev–Trinajstić information content (AvgIpc) is 2.38. The second-order valence-electron chi connectivity index (χ2n) is 3.69. The van der Waals surface area contributed by atoms with Crippen molar-refractivity contribution in [3.8, 4) is 11.6 Å². The number of hydrogen-bond donors (Lipinski definition) is 1. The van der Waals surface area contributed by atoms with E-state index in [2.05, 4.69) is 10.2 Å². The van der Waals surface area contributed by atoms with Crippen LogP contribution < -0.4 is 4.74 Å². The largest absolute Gasteiger partial charge is 0.476 e. The van der Waals surface area contributed by atoms with E-state index in [1.54, 1.807) is 0 Å². The molecule has 0 aliphatic heterocycles. The molecule has 0 aliphatic carbocycles. The Balaban J connectivity index is 2.20. The summed E-state index contributed by atoms with van der Waals surface area (Å²) in [6.45, 7) is 0. The molecule has 1 aromatic carbocycles. The van der Waals surface area contributed by atoms with E-state index in [9.17, 15) is 18.0 Å². The molecule has 5 nitrogen and oxygen atoms in total. The van der Waals surface area contributed by atoms with Crippen LogP contribution in [0.3, 0.4) is 0 Å². The lowest BCUT2D eigenvalue weighted by molar-refractivity contribution is -0.137. The molecular formula is C12H7F3N2O3. The molecule has 1 aromatic heterocycles. The Kier molecular flexibility index (Phi) is 3.55. The third-order valence-electron chi connectivity index (χ3n) is 2.24. The van der Waals surface area contributed by atoms with E-state index < -0.39 is 17.7 Å². The van der Waals surface area contributed by atoms with Gasteiger partial charge >= 0.3 is 12.1 Å². The van der Waals surface area contributed by atoms with Crippen molar-refractivity contribution in [2.45, 2.75) is 6.18 Å². The smallest absolute Gasteiger partial charge is 0.416 e. The van der Waals surface area contributed by atoms with Gasteiger partial charge in [0.25, 0.3) is 0 Å². The van der Waals surface area contributed by atoms with Gasteiger partial charge in [0.15, 0.2) is 5.69 Å². The average molecular weight is 284 g/mol. The van der Waals surface area contributed by atoms with Crippen LogP contribution in [0.25, 0.3) is 0 Å². The summed E-state index contributed by atoms with van der Waals surface area (Å²) in [6.07, 6.45) is -4.47. The zero-order chi connectivity index (χ0) is 14.8. The summed E-state index contributed by atoms with van der Waals surface area (Å²) in [5.41, 5.74) is -1.15. The van der Waals surface area contributed by atoms with Crippen LogP contribution in [0.5, 0.6) is 11.6 Å². The number of carboxylic acids is 1. The number of carbonyl (C=O) groups is 1. The molecule has 0 aliphatic rings. The number of aromatic nitrogens is 2. The molecule has 2 aromatic rings. The quantitative estimate of drug-likeness (QED) is 0.938. The molecule has 0 amide bonds. The summed E-state index contributed by atoms with van der Waals surface area (Å²) < 4.78 is 42.6. The Labute approximate surface area is 110 Å². The van der Waals surface area contributed by atoms with Gasteiger partial charge in [-0.05, 0) is 24.3 Å². The highest BCUT2D eigenvalue weighted by Gasteiger charge is 2.30. The number of nitrogens with zero attached hydrogens (tertiary/aromatic N) is 2. The number of alkyl halides is 3. The lowest BCUT2D eigenvalue weighted by Gasteiger charge is -2.09. The van der Waals surface area contributed by atoms with Gasteiger partial charge in [-0.15, -0.1) is 10.2 Å². The van der Waals surface area contributed by atoms with Gasteiger partial charge in [0.05, 0.1) is 5.56 Å². The van der Waals surface area contributed by atoms with Gasteiger partial charge in [-0.25, -0.2) is 4.79 Å². The normalized spacial score (nSPS) is 11.2. The summed E-state index contributed by atoms with van der Waals surface area (Å²) >= 11 is 0. The van der Waals surface area contributed by atoms with Gasteiger partial charge < -0.3 is 9.84 Å². The SMILES string of the molecule is O=C(O)c1ccc(Oc2cccc(C(F)(F)F)c2)nn1. The maximum absolute atomic E-state index is 12.5. The molecule has 0 fully saturated rings. The van der Waals surface area contributed by atoms with Crippen molar-refractivity contribution in [2.75, 3.05) is 0 Å². The second kappa shape index (κ2) is 5.16. The molecule has 104 valence electrons. The standard InChI is InChI=1S/C12H7F3N2O3/c13-12(14,15)7-2-1-3-8(6-7)20-10-5-4-9(11(18)19)16-17-10/h1-6H,(H,18,19). The molecule has 8 heteroatoms. The molecular weight excluding hydrogens is 277 g/mol. The van der Waals surface area contributed by atoms with Crippen LogP contribution in [0.1, 0.15) is 16.1 Å². The first-order valence-electron chi connectivity index (χ1n) is 5.28. The van der Waals surface area contributed by atoms with E-state index in [1.807, 2.05) is 0 Å². The number of ether oxygens (including phenoxy) is 1. The zero-order valence-electron chi connectivity index (χ0n) is 9.76. The number of hydrogen-bond acceptors (Lipinski definition) is 4. The molecule has 1 N–H and O–H groups in total. The van der Waals surface area contributed by atoms with Gasteiger partial charge in [-0.1, -0.05) is 6.07 Å². The number of benzene rings is 1. The number of carboxylic acid groups (broad SMARTS) is 1. The Morgan fingerprint density at radius 2 is 1.90 bits per heavy atom. The third kappa shape index (κ3) is 3.22. The van der Waals surface area contributed by atoms with E-state index in [4.69, 9.17) is 9.84 Å². The summed E-state index contributed by atoms with van der Waals surface area (Å²) in [5.74, 6) is -1.44. The van der Waals surface area contributed by atoms with Crippen LogP contribution in [-0.2, 0) is 6.18 Å². The monoisotopic (exact) mass is 284 g/mol. The van der Waals surface area contributed by atoms with Crippen molar-refractivity contribution in [3.63, 3.8) is 0 Å². The summed E-state index contributed by atoms with van der Waals surface area (Å²) in [4.78, 5) is 10.6. The lowest BCUT2D eigenvalue weighted by Crippen LogP contribution is -2.05. The van der Waals surface area contributed by atoms with E-state index in [0.29, 0.717) is 0 Å². The van der Waals surface area contributed by atoms with Crippen LogP contribution in [0.15, 0.2) is 36.4 Å². The lowest BCUT2D eigenvalue weighted by atomic mass is 10.2. The van der Waals surface area contributed by atoms with Crippen LogP contribution in [0.2, 0.25) is 0 Å². The Morgan fingerprint density at radius 1 is 1.15 bits per heavy atom. The number of rotatable bonds is 3. The summed E-state index contributed by atoms with van der Waals surface area (Å²) in [7, 11) is 0. The van der Waals surface area contributed by atoms with E-state index in [0.717, 1.165) is 18.2 Å². The minimum atomic E-state index is -4.47. The highest BCUT2D eigenvalue weighted by atomic mass is 19.4. The minimum Gasteiger partial charge on any atom is -0.476 e. The van der Waals surface area contributed by atoms with Gasteiger partial charge in [-0.3, -0.25) is 0 Å². The highest BCUT2D eigenvalue weighted by molar-refractivity contribution is 5.84. The van der Waals surface area contributed by atoms with Crippen LogP contribution in [0, 0.1) is 0 Å². The topological polar surface area (TPSA) is 72.3 Å². The summed E-state index contributed by atoms with van der Waals surface area (Å²) in [6, 6.07) is 6.58. The van der Waals surface area contributed by atoms with Crippen LogP contribution in [0.4, 0.5) is 13.2 Å². The predicted molar refractivity (Wildman–Crippen MR) is 60.5 cm³/mol. The minimum absolute atomic E-state index is 0.0720. The molecule has 2 rings (SSSR count). The van der Waals surface area contributed by atoms with Gasteiger partial charge in [0.2, 0.25) is 5.88 Å². The Bertz CT molecular complexity index is 627. The molecule has 0 bridgehead atoms. The first-order valence-corrected chi connectivity index (χ1v) is 5.28. The second-order valence-corrected chi connectivity index (χ2v) is 3.69. The molecule has 0 atom stereocenters. The third-order valence-corrected chi connectivity index (χ3v) is 2.24. The van der Waals surface area contributed by atoms with Crippen LogP contribution in [-0.4, -0.2) is 21.3 Å². The fraction of sp³-hybridized carbons (Fsp3) is 0.0833. The van der Waals surface area contributed by atoms with Crippen molar-refractivity contribution < 1.29 is 27.8 Å². The van der Waals surface area contributed by atoms with E-state index in [-0.39, 0.29) is 17.3 Å². The number of halogens is 3. The summed E-state index contributed by atoms with van der Waals surface area (Å²) in [5, 5.41) is 15.4. The molecule has 0 radical (unpaired) electrons. The molecule has 1 heterocycles. The highest BCUT2D eigenvalue weighted by Crippen LogP contribution is 2.32. The maximum atomic E-state index is 12.5. The first kappa shape index (κ1) is 13.8. The Morgan fingerprint density at radius 3 is 2.45 bits per heavy atom. The Hall–Kier alpha value is -2.64. The maximum Gasteiger partial charge on any atom is 0.416 e. The van der Waals surface area contributed by atoms with Crippen LogP contribution >= 0.6 is 0 Å². The van der Waals surface area contributed by atoms with Crippen molar-refractivity contribution in [3.05, 3.63) is 47.7 Å². The number of aromatic carboxylic acids is 1. The van der Waals surface area contributed by atoms with E-state index in [1.165, 1.54) is 18.2 Å². The van der Waals surface area contributed by atoms with Crippen molar-refractivity contribution in [1.29, 1.82) is 0 Å². The molecule has 0 saturated heterocycles. The molecule has 0 saturated carbocycles. The first-order chi connectivity index (χ1) is 9.36. The van der Waals surface area contributed by atoms with Gasteiger partial charge in [-0.2, -0.15) is 13.2 Å². The molecule has 20 heavy (non-hydrogen) atoms. The van der Waals surface area contributed by atoms with Gasteiger partial charge in [0.1, 0.15) is 5.75 Å². The fourth-order valence-electron chi connectivity index (χ4n) is 1.35. The van der Waals surface area contributed by atoms with Crippen molar-refractivity contribution in [2.24, 2.45) is 0 Å². The molecule has 0 unspecified atom stereocenters. The van der Waals surface area contributed by atoms with Gasteiger partial charge in [0, 0.05) is 6.07 Å². The fourth-order valence-corrected chi connectivity index (χ4v) is 1.35.